The lowest BCUT2D eigenvalue weighted by molar-refractivity contribution is -0.137. The molecule has 0 aliphatic heterocycles. The Kier molecular flexibility index (Phi) is 4.56. The third-order valence-corrected chi connectivity index (χ3v) is 3.97. The smallest absolute Gasteiger partial charge is 0.384 e. The van der Waals surface area contributed by atoms with Crippen molar-refractivity contribution in [3.63, 3.8) is 0 Å². The van der Waals surface area contributed by atoms with Crippen molar-refractivity contribution in [2.24, 2.45) is 0 Å². The first-order valence-corrected chi connectivity index (χ1v) is 7.18. The molecule has 2 aromatic rings. The van der Waals surface area contributed by atoms with Crippen LogP contribution in [0.2, 0.25) is 0 Å². The van der Waals surface area contributed by atoms with Crippen LogP contribution < -0.4 is 0 Å². The highest BCUT2D eigenvalue weighted by Gasteiger charge is 2.31. The molecule has 106 valence electrons. The second-order valence-electron chi connectivity index (χ2n) is 4.19. The Balaban J connectivity index is 2.41. The molecule has 6 heteroatoms. The molecule has 0 fully saturated rings. The van der Waals surface area contributed by atoms with Gasteiger partial charge in [0.15, 0.2) is 0 Å². The molecule has 1 atom stereocenters. The summed E-state index contributed by atoms with van der Waals surface area (Å²) in [6, 6.07) is 9.79. The van der Waals surface area contributed by atoms with Crippen molar-refractivity contribution in [2.75, 3.05) is 0 Å². The van der Waals surface area contributed by atoms with Gasteiger partial charge in [-0.25, -0.2) is 0 Å². The molecule has 0 saturated heterocycles. The number of rotatable bonds is 2. The van der Waals surface area contributed by atoms with E-state index in [0.29, 0.717) is 10.0 Å². The van der Waals surface area contributed by atoms with Crippen LogP contribution in [0.3, 0.4) is 0 Å². The summed E-state index contributed by atoms with van der Waals surface area (Å²) in [6.07, 6.45) is -5.55. The summed E-state index contributed by atoms with van der Waals surface area (Å²) in [5.41, 5.74) is -0.0716. The minimum atomic E-state index is -4.42. The maximum absolute atomic E-state index is 12.7. The molecular formula is C14H9Br2F3O. The van der Waals surface area contributed by atoms with Crippen molar-refractivity contribution >= 4 is 31.9 Å². The molecule has 1 nitrogen and oxygen atoms in total. The zero-order valence-corrected chi connectivity index (χ0v) is 13.1. The van der Waals surface area contributed by atoms with Crippen molar-refractivity contribution in [3.8, 4) is 0 Å². The van der Waals surface area contributed by atoms with Crippen LogP contribution in [-0.2, 0) is 6.18 Å². The fourth-order valence-corrected chi connectivity index (χ4v) is 3.05. The zero-order chi connectivity index (χ0) is 14.9. The molecule has 2 aromatic carbocycles. The van der Waals surface area contributed by atoms with Gasteiger partial charge in [-0.1, -0.05) is 50.1 Å². The molecule has 0 aromatic heterocycles. The van der Waals surface area contributed by atoms with Gasteiger partial charge in [0.05, 0.1) is 5.56 Å². The number of aliphatic hydroxyl groups is 1. The summed E-state index contributed by atoms with van der Waals surface area (Å²) < 4.78 is 39.4. The average molecular weight is 410 g/mol. The van der Waals surface area contributed by atoms with Gasteiger partial charge in [-0.2, -0.15) is 13.2 Å². The topological polar surface area (TPSA) is 20.2 Å². The summed E-state index contributed by atoms with van der Waals surface area (Å²) in [7, 11) is 0. The molecule has 1 unspecified atom stereocenters. The van der Waals surface area contributed by atoms with Crippen molar-refractivity contribution in [1.29, 1.82) is 0 Å². The zero-order valence-electron chi connectivity index (χ0n) is 9.96. The predicted octanol–water partition coefficient (Wildman–Crippen LogP) is 5.31. The van der Waals surface area contributed by atoms with Crippen LogP contribution in [0.1, 0.15) is 22.8 Å². The summed E-state index contributed by atoms with van der Waals surface area (Å²) in [4.78, 5) is 0. The van der Waals surface area contributed by atoms with Crippen LogP contribution in [0.25, 0.3) is 0 Å². The molecule has 2 rings (SSSR count). The Hall–Kier alpha value is -0.850. The summed E-state index contributed by atoms with van der Waals surface area (Å²) in [5.74, 6) is 0. The van der Waals surface area contributed by atoms with Crippen LogP contribution in [0, 0.1) is 0 Å². The highest BCUT2D eigenvalue weighted by atomic mass is 79.9. The quantitative estimate of drug-likeness (QED) is 0.712. The van der Waals surface area contributed by atoms with Crippen LogP contribution in [-0.4, -0.2) is 5.11 Å². The molecule has 1 N–H and O–H groups in total. The fourth-order valence-electron chi connectivity index (χ4n) is 1.79. The van der Waals surface area contributed by atoms with Gasteiger partial charge in [0.1, 0.15) is 6.10 Å². The minimum absolute atomic E-state index is 0.197. The summed E-state index contributed by atoms with van der Waals surface area (Å²) >= 11 is 6.57. The number of hydrogen-bond donors (Lipinski definition) is 1. The maximum atomic E-state index is 12.7. The van der Waals surface area contributed by atoms with Gasteiger partial charge in [-0.05, 0) is 35.4 Å². The van der Waals surface area contributed by atoms with E-state index in [1.807, 2.05) is 0 Å². The van der Waals surface area contributed by atoms with E-state index >= 15 is 0 Å². The molecule has 20 heavy (non-hydrogen) atoms. The lowest BCUT2D eigenvalue weighted by Gasteiger charge is -2.15. The van der Waals surface area contributed by atoms with E-state index in [1.165, 1.54) is 12.1 Å². The van der Waals surface area contributed by atoms with Gasteiger partial charge in [-0.3, -0.25) is 0 Å². The highest BCUT2D eigenvalue weighted by molar-refractivity contribution is 9.11. The van der Waals surface area contributed by atoms with E-state index in [9.17, 15) is 18.3 Å². The van der Waals surface area contributed by atoms with Crippen LogP contribution in [0.15, 0.2) is 51.4 Å². The number of alkyl halides is 3. The standard InChI is InChI=1S/C14H9Br2F3O/c15-10-4-5-11(12(16)7-10)13(20)8-2-1-3-9(6-8)14(17,18)19/h1-7,13,20H. The SMILES string of the molecule is OC(c1cccc(C(F)(F)F)c1)c1ccc(Br)cc1Br. The Bertz CT molecular complexity index is 626. The Morgan fingerprint density at radius 1 is 1.00 bits per heavy atom. The van der Waals surface area contributed by atoms with Crippen LogP contribution in [0.5, 0.6) is 0 Å². The molecule has 0 aliphatic rings. The highest BCUT2D eigenvalue weighted by Crippen LogP contribution is 2.34. The van der Waals surface area contributed by atoms with Gasteiger partial charge < -0.3 is 5.11 Å². The van der Waals surface area contributed by atoms with Crippen LogP contribution in [0.4, 0.5) is 13.2 Å². The molecule has 0 bridgehead atoms. The van der Waals surface area contributed by atoms with E-state index in [0.717, 1.165) is 16.6 Å². The monoisotopic (exact) mass is 408 g/mol. The van der Waals surface area contributed by atoms with E-state index < -0.39 is 17.8 Å². The van der Waals surface area contributed by atoms with Crippen molar-refractivity contribution in [2.45, 2.75) is 12.3 Å². The minimum Gasteiger partial charge on any atom is -0.384 e. The molecule has 0 amide bonds. The number of hydrogen-bond acceptors (Lipinski definition) is 1. The summed E-state index contributed by atoms with van der Waals surface area (Å²) in [5, 5.41) is 10.2. The van der Waals surface area contributed by atoms with Crippen LogP contribution >= 0.6 is 31.9 Å². The Labute approximate surface area is 130 Å². The van der Waals surface area contributed by atoms with E-state index in [1.54, 1.807) is 18.2 Å². The Morgan fingerprint density at radius 2 is 1.70 bits per heavy atom. The lowest BCUT2D eigenvalue weighted by Crippen LogP contribution is -2.07. The number of aliphatic hydroxyl groups excluding tert-OH is 1. The normalized spacial score (nSPS) is 13.3. The first-order chi connectivity index (χ1) is 9.29. The van der Waals surface area contributed by atoms with Gasteiger partial charge in [-0.15, -0.1) is 0 Å². The first kappa shape index (κ1) is 15.5. The molecule has 0 aliphatic carbocycles. The predicted molar refractivity (Wildman–Crippen MR) is 77.3 cm³/mol. The Morgan fingerprint density at radius 3 is 2.30 bits per heavy atom. The van der Waals surface area contributed by atoms with Crippen molar-refractivity contribution < 1.29 is 18.3 Å². The summed E-state index contributed by atoms with van der Waals surface area (Å²) in [6.45, 7) is 0. The van der Waals surface area contributed by atoms with E-state index in [4.69, 9.17) is 0 Å². The van der Waals surface area contributed by atoms with Gasteiger partial charge in [0.25, 0.3) is 0 Å². The fraction of sp³-hybridized carbons (Fsp3) is 0.143. The number of benzene rings is 2. The largest absolute Gasteiger partial charge is 0.416 e. The molecule has 0 radical (unpaired) electrons. The third-order valence-electron chi connectivity index (χ3n) is 2.79. The third kappa shape index (κ3) is 3.42. The first-order valence-electron chi connectivity index (χ1n) is 5.59. The second-order valence-corrected chi connectivity index (χ2v) is 5.96. The van der Waals surface area contributed by atoms with Gasteiger partial charge in [0, 0.05) is 8.95 Å². The van der Waals surface area contributed by atoms with Gasteiger partial charge >= 0.3 is 6.18 Å². The molecular weight excluding hydrogens is 401 g/mol. The van der Waals surface area contributed by atoms with E-state index in [-0.39, 0.29) is 5.56 Å². The van der Waals surface area contributed by atoms with Gasteiger partial charge in [0.2, 0.25) is 0 Å². The average Bonchev–Trinajstić information content (AvgIpc) is 2.37. The van der Waals surface area contributed by atoms with Crippen molar-refractivity contribution in [3.05, 3.63) is 68.1 Å². The maximum Gasteiger partial charge on any atom is 0.416 e. The number of halogens is 5. The lowest BCUT2D eigenvalue weighted by atomic mass is 9.99. The molecule has 0 heterocycles. The van der Waals surface area contributed by atoms with E-state index in [2.05, 4.69) is 31.9 Å². The molecule has 0 saturated carbocycles. The second kappa shape index (κ2) is 5.87. The molecule has 0 spiro atoms. The van der Waals surface area contributed by atoms with Crippen molar-refractivity contribution in [1.82, 2.24) is 0 Å².